The Labute approximate surface area is 158 Å². The first-order valence-electron chi connectivity index (χ1n) is 9.04. The van der Waals surface area contributed by atoms with E-state index in [-0.39, 0.29) is 0 Å². The Morgan fingerprint density at radius 2 is 2.04 bits per heavy atom. The van der Waals surface area contributed by atoms with E-state index in [0.29, 0.717) is 19.0 Å². The lowest BCUT2D eigenvalue weighted by molar-refractivity contribution is 0.0616. The molecule has 0 bridgehead atoms. The first kappa shape index (κ1) is 18.9. The SMILES string of the molecule is CCNC(=NCc1nc2ccccc2n1C)NCC(C)(O)c1cnn(C)c1. The Bertz CT molecular complexity index is 939. The highest BCUT2D eigenvalue weighted by Gasteiger charge is 2.25. The second-order valence-electron chi connectivity index (χ2n) is 6.80. The number of nitrogens with zero attached hydrogens (tertiary/aromatic N) is 5. The number of fused-ring (bicyclic) bond motifs is 1. The number of hydrogen-bond donors (Lipinski definition) is 3. The molecule has 2 aromatic heterocycles. The molecule has 0 aliphatic carbocycles. The second kappa shape index (κ2) is 7.79. The van der Waals surface area contributed by atoms with Crippen LogP contribution in [0.4, 0.5) is 0 Å². The van der Waals surface area contributed by atoms with Crippen LogP contribution < -0.4 is 10.6 Å². The molecule has 3 rings (SSSR count). The van der Waals surface area contributed by atoms with E-state index in [9.17, 15) is 5.11 Å². The molecule has 0 amide bonds. The third kappa shape index (κ3) is 4.28. The fraction of sp³-hybridized carbons (Fsp3) is 0.421. The summed E-state index contributed by atoms with van der Waals surface area (Å²) in [5.74, 6) is 1.51. The minimum atomic E-state index is -1.05. The lowest BCUT2D eigenvalue weighted by Crippen LogP contribution is -2.44. The van der Waals surface area contributed by atoms with Crippen LogP contribution in [0.1, 0.15) is 25.2 Å². The van der Waals surface area contributed by atoms with Crippen LogP contribution in [0.2, 0.25) is 0 Å². The molecule has 3 N–H and O–H groups in total. The number of aliphatic hydroxyl groups is 1. The molecule has 1 atom stereocenters. The Morgan fingerprint density at radius 3 is 2.70 bits per heavy atom. The summed E-state index contributed by atoms with van der Waals surface area (Å²) < 4.78 is 3.73. The number of hydrogen-bond acceptors (Lipinski definition) is 4. The quantitative estimate of drug-likeness (QED) is 0.450. The summed E-state index contributed by atoms with van der Waals surface area (Å²) in [5.41, 5.74) is 1.74. The van der Waals surface area contributed by atoms with Gasteiger partial charge >= 0.3 is 0 Å². The number of aromatic nitrogens is 4. The molecule has 2 heterocycles. The summed E-state index contributed by atoms with van der Waals surface area (Å²) in [5, 5.41) is 21.3. The average molecular weight is 369 g/mol. The third-order valence-electron chi connectivity index (χ3n) is 4.53. The maximum Gasteiger partial charge on any atom is 0.191 e. The maximum atomic E-state index is 10.7. The van der Waals surface area contributed by atoms with Crippen molar-refractivity contribution in [2.75, 3.05) is 13.1 Å². The highest BCUT2D eigenvalue weighted by Crippen LogP contribution is 2.18. The summed E-state index contributed by atoms with van der Waals surface area (Å²) in [6.45, 7) is 5.24. The normalized spacial score (nSPS) is 14.3. The van der Waals surface area contributed by atoms with Crippen molar-refractivity contribution in [2.45, 2.75) is 26.0 Å². The summed E-state index contributed by atoms with van der Waals surface area (Å²) in [4.78, 5) is 9.26. The highest BCUT2D eigenvalue weighted by atomic mass is 16.3. The molecule has 3 aromatic rings. The number of para-hydroxylation sites is 2. The van der Waals surface area contributed by atoms with Crippen LogP contribution in [0.15, 0.2) is 41.7 Å². The number of imidazole rings is 1. The van der Waals surface area contributed by atoms with Gasteiger partial charge in [0.2, 0.25) is 0 Å². The topological polar surface area (TPSA) is 92.3 Å². The lowest BCUT2D eigenvalue weighted by Gasteiger charge is -2.23. The zero-order chi connectivity index (χ0) is 19.4. The molecule has 0 fully saturated rings. The minimum absolute atomic E-state index is 0.313. The molecule has 8 heteroatoms. The van der Waals surface area contributed by atoms with Crippen LogP contribution in [-0.4, -0.2) is 43.5 Å². The average Bonchev–Trinajstić information content (AvgIpc) is 3.22. The molecule has 0 saturated carbocycles. The van der Waals surface area contributed by atoms with Crippen LogP contribution in [0, 0.1) is 0 Å². The van der Waals surface area contributed by atoms with E-state index in [4.69, 9.17) is 0 Å². The van der Waals surface area contributed by atoms with Crippen molar-refractivity contribution in [1.82, 2.24) is 30.0 Å². The van der Waals surface area contributed by atoms with E-state index >= 15 is 0 Å². The Kier molecular flexibility index (Phi) is 5.46. The number of aryl methyl sites for hydroxylation is 2. The smallest absolute Gasteiger partial charge is 0.191 e. The van der Waals surface area contributed by atoms with Crippen molar-refractivity contribution < 1.29 is 5.11 Å². The number of aliphatic imine (C=N–C) groups is 1. The van der Waals surface area contributed by atoms with Gasteiger partial charge in [0.25, 0.3) is 0 Å². The molecule has 27 heavy (non-hydrogen) atoms. The Balaban J connectivity index is 1.71. The largest absolute Gasteiger partial charge is 0.383 e. The third-order valence-corrected chi connectivity index (χ3v) is 4.53. The van der Waals surface area contributed by atoms with Gasteiger partial charge in [-0.25, -0.2) is 9.98 Å². The van der Waals surface area contributed by atoms with Gasteiger partial charge in [-0.3, -0.25) is 4.68 Å². The van der Waals surface area contributed by atoms with Crippen molar-refractivity contribution >= 4 is 17.0 Å². The Morgan fingerprint density at radius 1 is 1.26 bits per heavy atom. The van der Waals surface area contributed by atoms with Crippen LogP contribution in [0.5, 0.6) is 0 Å². The standard InChI is InChI=1S/C19H27N7O/c1-5-20-18(22-13-19(2,27)14-10-23-25(3)12-14)21-11-17-24-15-8-6-7-9-16(15)26(17)4/h6-10,12,27H,5,11,13H2,1-4H3,(H2,20,21,22). The van der Waals surface area contributed by atoms with Gasteiger partial charge in [0.1, 0.15) is 18.0 Å². The van der Waals surface area contributed by atoms with Gasteiger partial charge < -0.3 is 20.3 Å². The minimum Gasteiger partial charge on any atom is -0.383 e. The first-order valence-corrected chi connectivity index (χ1v) is 9.04. The zero-order valence-corrected chi connectivity index (χ0v) is 16.3. The molecule has 0 aliphatic heterocycles. The number of rotatable bonds is 6. The molecular formula is C19H27N7O. The van der Waals surface area contributed by atoms with Crippen LogP contribution in [0.3, 0.4) is 0 Å². The molecule has 0 saturated heterocycles. The van der Waals surface area contributed by atoms with Gasteiger partial charge in [-0.05, 0) is 26.0 Å². The summed E-state index contributed by atoms with van der Waals surface area (Å²) in [6, 6.07) is 8.03. The van der Waals surface area contributed by atoms with E-state index in [1.807, 2.05) is 56.0 Å². The monoisotopic (exact) mass is 369 g/mol. The lowest BCUT2D eigenvalue weighted by atomic mass is 10.00. The van der Waals surface area contributed by atoms with Crippen LogP contribution in [-0.2, 0) is 26.2 Å². The molecule has 8 nitrogen and oxygen atoms in total. The van der Waals surface area contributed by atoms with E-state index in [1.165, 1.54) is 0 Å². The van der Waals surface area contributed by atoms with Gasteiger partial charge in [0.15, 0.2) is 5.96 Å². The molecule has 1 aromatic carbocycles. The zero-order valence-electron chi connectivity index (χ0n) is 16.3. The second-order valence-corrected chi connectivity index (χ2v) is 6.80. The number of benzene rings is 1. The van der Waals surface area contributed by atoms with Crippen molar-refractivity contribution in [3.63, 3.8) is 0 Å². The fourth-order valence-electron chi connectivity index (χ4n) is 2.89. The summed E-state index contributed by atoms with van der Waals surface area (Å²) >= 11 is 0. The van der Waals surface area contributed by atoms with E-state index in [2.05, 4.69) is 25.7 Å². The first-order chi connectivity index (χ1) is 12.9. The van der Waals surface area contributed by atoms with E-state index in [0.717, 1.165) is 29.0 Å². The van der Waals surface area contributed by atoms with E-state index in [1.54, 1.807) is 17.8 Å². The van der Waals surface area contributed by atoms with Gasteiger partial charge in [0.05, 0.1) is 23.8 Å². The number of guanidine groups is 1. The van der Waals surface area contributed by atoms with Gasteiger partial charge in [-0.1, -0.05) is 12.1 Å². The van der Waals surface area contributed by atoms with Crippen molar-refractivity contribution in [2.24, 2.45) is 19.1 Å². The molecule has 144 valence electrons. The predicted octanol–water partition coefficient (Wildman–Crippen LogP) is 1.27. The van der Waals surface area contributed by atoms with E-state index < -0.39 is 5.60 Å². The number of nitrogens with one attached hydrogen (secondary N) is 2. The summed E-state index contributed by atoms with van der Waals surface area (Å²) in [7, 11) is 3.82. The van der Waals surface area contributed by atoms with Gasteiger partial charge in [-0.2, -0.15) is 5.10 Å². The Hall–Kier alpha value is -2.87. The van der Waals surface area contributed by atoms with Crippen molar-refractivity contribution in [3.05, 3.63) is 48.0 Å². The maximum absolute atomic E-state index is 10.7. The highest BCUT2D eigenvalue weighted by molar-refractivity contribution is 5.80. The van der Waals surface area contributed by atoms with Gasteiger partial charge in [-0.15, -0.1) is 0 Å². The molecule has 0 spiro atoms. The molecule has 0 aliphatic rings. The molecule has 1 unspecified atom stereocenters. The fourth-order valence-corrected chi connectivity index (χ4v) is 2.89. The molecule has 0 radical (unpaired) electrons. The van der Waals surface area contributed by atoms with Crippen molar-refractivity contribution in [3.8, 4) is 0 Å². The summed E-state index contributed by atoms with van der Waals surface area (Å²) in [6.07, 6.45) is 3.48. The predicted molar refractivity (Wildman–Crippen MR) is 106 cm³/mol. The van der Waals surface area contributed by atoms with Crippen LogP contribution >= 0.6 is 0 Å². The van der Waals surface area contributed by atoms with Gasteiger partial charge in [0, 0.05) is 32.4 Å². The molecular weight excluding hydrogens is 342 g/mol. The van der Waals surface area contributed by atoms with Crippen molar-refractivity contribution in [1.29, 1.82) is 0 Å². The van der Waals surface area contributed by atoms with Crippen LogP contribution in [0.25, 0.3) is 11.0 Å².